The van der Waals surface area contributed by atoms with Gasteiger partial charge in [0.1, 0.15) is 0 Å². The molecule has 23 heavy (non-hydrogen) atoms. The minimum atomic E-state index is 0.315. The predicted octanol–water partition coefficient (Wildman–Crippen LogP) is 1.34. The first-order valence-electron chi connectivity index (χ1n) is 8.73. The average molecular weight is 316 g/mol. The highest BCUT2D eigenvalue weighted by Crippen LogP contribution is 2.26. The van der Waals surface area contributed by atoms with Crippen LogP contribution in [0, 0.1) is 6.92 Å². The first-order valence-corrected chi connectivity index (χ1v) is 8.73. The van der Waals surface area contributed by atoms with Gasteiger partial charge in [0.05, 0.1) is 0 Å². The fourth-order valence-corrected chi connectivity index (χ4v) is 3.53. The van der Waals surface area contributed by atoms with Crippen molar-refractivity contribution in [1.82, 2.24) is 19.7 Å². The number of piperazine rings is 1. The highest BCUT2D eigenvalue weighted by Gasteiger charge is 2.26. The number of carbonyl (C=O) groups is 1. The van der Waals surface area contributed by atoms with E-state index in [2.05, 4.69) is 34.8 Å². The third-order valence-corrected chi connectivity index (χ3v) is 5.13. The molecule has 0 aliphatic carbocycles. The van der Waals surface area contributed by atoms with Gasteiger partial charge in [-0.25, -0.2) is 0 Å². The Kier molecular flexibility index (Phi) is 5.28. The standard InChI is InChI=1S/C18H28N4O/c1-15-3-6-19-17(13-15)16-4-7-21(14-16)8-5-18(23)22-11-9-20(2)10-12-22/h3,6,13,16H,4-5,7-12,14H2,1-2H3/t16-/m1/s1. The van der Waals surface area contributed by atoms with Crippen LogP contribution in [0.4, 0.5) is 0 Å². The molecule has 0 saturated carbocycles. The van der Waals surface area contributed by atoms with Crippen LogP contribution in [0.25, 0.3) is 0 Å². The first kappa shape index (κ1) is 16.4. The van der Waals surface area contributed by atoms with Crippen molar-refractivity contribution >= 4 is 5.91 Å². The zero-order valence-corrected chi connectivity index (χ0v) is 14.4. The summed E-state index contributed by atoms with van der Waals surface area (Å²) >= 11 is 0. The number of aromatic nitrogens is 1. The maximum Gasteiger partial charge on any atom is 0.223 e. The number of aryl methyl sites for hydroxylation is 1. The molecule has 5 nitrogen and oxygen atoms in total. The van der Waals surface area contributed by atoms with E-state index < -0.39 is 0 Å². The van der Waals surface area contributed by atoms with Crippen LogP contribution in [0.2, 0.25) is 0 Å². The molecule has 0 N–H and O–H groups in total. The summed E-state index contributed by atoms with van der Waals surface area (Å²) in [6.45, 7) is 8.87. The molecule has 2 fully saturated rings. The lowest BCUT2D eigenvalue weighted by atomic mass is 10.0. The maximum atomic E-state index is 12.3. The van der Waals surface area contributed by atoms with Crippen LogP contribution < -0.4 is 0 Å². The number of likely N-dealkylation sites (tertiary alicyclic amines) is 1. The van der Waals surface area contributed by atoms with Crippen LogP contribution in [0.3, 0.4) is 0 Å². The Balaban J connectivity index is 1.44. The van der Waals surface area contributed by atoms with Gasteiger partial charge in [0, 0.05) is 63.5 Å². The van der Waals surface area contributed by atoms with E-state index in [0.29, 0.717) is 18.2 Å². The third-order valence-electron chi connectivity index (χ3n) is 5.13. The number of rotatable bonds is 4. The Morgan fingerprint density at radius 2 is 2.04 bits per heavy atom. The van der Waals surface area contributed by atoms with Crippen LogP contribution in [-0.4, -0.2) is 78.5 Å². The summed E-state index contributed by atoms with van der Waals surface area (Å²) in [5.41, 5.74) is 2.48. The van der Waals surface area contributed by atoms with Crippen molar-refractivity contribution in [3.8, 4) is 0 Å². The Morgan fingerprint density at radius 1 is 1.26 bits per heavy atom. The van der Waals surface area contributed by atoms with Crippen LogP contribution in [-0.2, 0) is 4.79 Å². The van der Waals surface area contributed by atoms with E-state index in [4.69, 9.17) is 0 Å². The minimum Gasteiger partial charge on any atom is -0.340 e. The Morgan fingerprint density at radius 3 is 2.78 bits per heavy atom. The number of hydrogen-bond donors (Lipinski definition) is 0. The molecule has 2 aliphatic heterocycles. The van der Waals surface area contributed by atoms with Crippen molar-refractivity contribution in [2.75, 3.05) is 52.9 Å². The number of hydrogen-bond acceptors (Lipinski definition) is 4. The molecular weight excluding hydrogens is 288 g/mol. The van der Waals surface area contributed by atoms with Crippen molar-refractivity contribution in [3.05, 3.63) is 29.6 Å². The summed E-state index contributed by atoms with van der Waals surface area (Å²) in [6.07, 6.45) is 3.71. The Bertz CT molecular complexity index is 540. The predicted molar refractivity (Wildman–Crippen MR) is 91.5 cm³/mol. The lowest BCUT2D eigenvalue weighted by Gasteiger charge is -2.32. The second-order valence-corrected chi connectivity index (χ2v) is 6.98. The molecule has 3 rings (SSSR count). The van der Waals surface area contributed by atoms with Gasteiger partial charge >= 0.3 is 0 Å². The first-order chi connectivity index (χ1) is 11.1. The number of carbonyl (C=O) groups excluding carboxylic acids is 1. The minimum absolute atomic E-state index is 0.315. The maximum absolute atomic E-state index is 12.3. The fraction of sp³-hybridized carbons (Fsp3) is 0.667. The van der Waals surface area contributed by atoms with Crippen LogP contribution in [0.1, 0.15) is 30.0 Å². The summed E-state index contributed by atoms with van der Waals surface area (Å²) in [6, 6.07) is 4.24. The van der Waals surface area contributed by atoms with Gasteiger partial charge in [-0.2, -0.15) is 0 Å². The second-order valence-electron chi connectivity index (χ2n) is 6.98. The van der Waals surface area contributed by atoms with Gasteiger partial charge in [-0.15, -0.1) is 0 Å². The lowest BCUT2D eigenvalue weighted by molar-refractivity contribution is -0.133. The molecule has 1 aromatic heterocycles. The molecule has 0 spiro atoms. The summed E-state index contributed by atoms with van der Waals surface area (Å²) in [4.78, 5) is 23.6. The zero-order valence-electron chi connectivity index (χ0n) is 14.4. The highest BCUT2D eigenvalue weighted by molar-refractivity contribution is 5.76. The summed E-state index contributed by atoms with van der Waals surface area (Å²) in [7, 11) is 2.12. The van der Waals surface area contributed by atoms with Gasteiger partial charge in [0.25, 0.3) is 0 Å². The van der Waals surface area contributed by atoms with E-state index in [9.17, 15) is 4.79 Å². The van der Waals surface area contributed by atoms with Crippen molar-refractivity contribution in [2.45, 2.75) is 25.7 Å². The van der Waals surface area contributed by atoms with E-state index in [-0.39, 0.29) is 0 Å². The quantitative estimate of drug-likeness (QED) is 0.840. The van der Waals surface area contributed by atoms with Gasteiger partial charge in [-0.05, 0) is 44.6 Å². The molecule has 2 saturated heterocycles. The molecule has 0 bridgehead atoms. The van der Waals surface area contributed by atoms with Gasteiger partial charge in [0.2, 0.25) is 5.91 Å². The molecule has 126 valence electrons. The average Bonchev–Trinajstić information content (AvgIpc) is 3.02. The molecule has 2 aliphatic rings. The smallest absolute Gasteiger partial charge is 0.223 e. The SMILES string of the molecule is Cc1ccnc([C@@H]2CCN(CCC(=O)N3CCN(C)CC3)C2)c1. The van der Waals surface area contributed by atoms with Gasteiger partial charge in [0.15, 0.2) is 0 Å². The fourth-order valence-electron chi connectivity index (χ4n) is 3.53. The second kappa shape index (κ2) is 7.41. The van der Waals surface area contributed by atoms with E-state index in [0.717, 1.165) is 52.2 Å². The molecule has 5 heteroatoms. The van der Waals surface area contributed by atoms with Crippen molar-refractivity contribution in [1.29, 1.82) is 0 Å². The van der Waals surface area contributed by atoms with E-state index in [1.54, 1.807) is 0 Å². The van der Waals surface area contributed by atoms with E-state index in [1.165, 1.54) is 11.3 Å². The van der Waals surface area contributed by atoms with Crippen molar-refractivity contribution in [3.63, 3.8) is 0 Å². The summed E-state index contributed by atoms with van der Waals surface area (Å²) in [5.74, 6) is 0.837. The molecule has 0 unspecified atom stereocenters. The number of pyridine rings is 1. The Hall–Kier alpha value is -1.46. The molecule has 1 atom stereocenters. The molecular formula is C18H28N4O. The summed E-state index contributed by atoms with van der Waals surface area (Å²) in [5, 5.41) is 0. The van der Waals surface area contributed by atoms with Crippen LogP contribution >= 0.6 is 0 Å². The summed E-state index contributed by atoms with van der Waals surface area (Å²) < 4.78 is 0. The largest absolute Gasteiger partial charge is 0.340 e. The highest BCUT2D eigenvalue weighted by atomic mass is 16.2. The number of amides is 1. The molecule has 3 heterocycles. The lowest BCUT2D eigenvalue weighted by Crippen LogP contribution is -2.47. The molecule has 0 radical (unpaired) electrons. The van der Waals surface area contributed by atoms with Crippen LogP contribution in [0.5, 0.6) is 0 Å². The van der Waals surface area contributed by atoms with Gasteiger partial charge < -0.3 is 14.7 Å². The molecule has 1 aromatic rings. The zero-order chi connectivity index (χ0) is 16.2. The van der Waals surface area contributed by atoms with Gasteiger partial charge in [-0.1, -0.05) is 0 Å². The third kappa shape index (κ3) is 4.30. The molecule has 1 amide bonds. The number of likely N-dealkylation sites (N-methyl/N-ethyl adjacent to an activating group) is 1. The molecule has 0 aromatic carbocycles. The van der Waals surface area contributed by atoms with Gasteiger partial charge in [-0.3, -0.25) is 9.78 Å². The van der Waals surface area contributed by atoms with E-state index in [1.807, 2.05) is 17.2 Å². The number of nitrogens with zero attached hydrogens (tertiary/aromatic N) is 4. The topological polar surface area (TPSA) is 39.7 Å². The monoisotopic (exact) mass is 316 g/mol. The van der Waals surface area contributed by atoms with Crippen LogP contribution in [0.15, 0.2) is 18.3 Å². The van der Waals surface area contributed by atoms with E-state index >= 15 is 0 Å². The normalized spacial score (nSPS) is 23.4. The Labute approximate surface area is 139 Å². The van der Waals surface area contributed by atoms with Crippen molar-refractivity contribution in [2.24, 2.45) is 0 Å². The van der Waals surface area contributed by atoms with Crippen molar-refractivity contribution < 1.29 is 4.79 Å².